The normalized spacial score (nSPS) is 18.3. The van der Waals surface area contributed by atoms with E-state index in [0.717, 1.165) is 75.5 Å². The van der Waals surface area contributed by atoms with Crippen molar-refractivity contribution >= 4 is 28.2 Å². The Labute approximate surface area is 203 Å². The molecule has 1 aliphatic carbocycles. The molecule has 1 aromatic heterocycles. The standard InChI is InChI=1S/C25H31N3O5S/c1-31-25(30)23-18-5-3-2-4-6-21(18)34-24(23)26-22(29)15-28-11-9-27(10-12-28)14-17-7-8-19-20(13-17)33-16-32-19/h7-8,13H,2-6,9-12,14-16H2,1H3,(H,26,29). The zero-order chi connectivity index (χ0) is 23.5. The first kappa shape index (κ1) is 23.1. The van der Waals surface area contributed by atoms with Crippen molar-refractivity contribution in [2.75, 3.05) is 51.9 Å². The van der Waals surface area contributed by atoms with Crippen molar-refractivity contribution in [2.24, 2.45) is 0 Å². The van der Waals surface area contributed by atoms with E-state index in [0.29, 0.717) is 17.1 Å². The molecule has 1 N–H and O–H groups in total. The van der Waals surface area contributed by atoms with Gasteiger partial charge in [0.1, 0.15) is 5.00 Å². The summed E-state index contributed by atoms with van der Waals surface area (Å²) >= 11 is 1.54. The molecule has 1 aromatic carbocycles. The monoisotopic (exact) mass is 485 g/mol. The van der Waals surface area contributed by atoms with E-state index in [1.165, 1.54) is 24.0 Å². The van der Waals surface area contributed by atoms with Crippen molar-refractivity contribution in [1.29, 1.82) is 0 Å². The number of thiophene rings is 1. The third-order valence-electron chi connectivity index (χ3n) is 6.74. The third kappa shape index (κ3) is 5.06. The number of carbonyl (C=O) groups is 2. The Morgan fingerprint density at radius 2 is 1.79 bits per heavy atom. The highest BCUT2D eigenvalue weighted by Gasteiger charge is 2.27. The number of rotatable bonds is 6. The summed E-state index contributed by atoms with van der Waals surface area (Å²) in [6.45, 7) is 4.88. The molecule has 3 heterocycles. The van der Waals surface area contributed by atoms with Gasteiger partial charge in [0, 0.05) is 37.6 Å². The molecule has 1 amide bonds. The summed E-state index contributed by atoms with van der Waals surface area (Å²) in [6, 6.07) is 6.09. The molecule has 0 bridgehead atoms. The molecule has 34 heavy (non-hydrogen) atoms. The molecule has 0 spiro atoms. The fourth-order valence-corrected chi connectivity index (χ4v) is 6.21. The zero-order valence-corrected chi connectivity index (χ0v) is 20.4. The van der Waals surface area contributed by atoms with Crippen molar-refractivity contribution in [3.05, 3.63) is 39.8 Å². The molecule has 5 rings (SSSR count). The Hall–Kier alpha value is -2.62. The molecule has 1 fully saturated rings. The van der Waals surface area contributed by atoms with Crippen molar-refractivity contribution in [2.45, 2.75) is 38.6 Å². The van der Waals surface area contributed by atoms with E-state index in [2.05, 4.69) is 21.2 Å². The number of methoxy groups -OCH3 is 1. The maximum Gasteiger partial charge on any atom is 0.341 e. The van der Waals surface area contributed by atoms with Gasteiger partial charge >= 0.3 is 5.97 Å². The van der Waals surface area contributed by atoms with Crippen LogP contribution in [0.1, 0.15) is 45.6 Å². The highest BCUT2D eigenvalue weighted by Crippen LogP contribution is 2.38. The summed E-state index contributed by atoms with van der Waals surface area (Å²) < 4.78 is 15.9. The van der Waals surface area contributed by atoms with Crippen molar-refractivity contribution in [3.63, 3.8) is 0 Å². The van der Waals surface area contributed by atoms with E-state index < -0.39 is 0 Å². The first-order valence-electron chi connectivity index (χ1n) is 12.0. The van der Waals surface area contributed by atoms with Gasteiger partial charge in [0.25, 0.3) is 0 Å². The summed E-state index contributed by atoms with van der Waals surface area (Å²) in [5.74, 6) is 1.18. The van der Waals surface area contributed by atoms with Crippen LogP contribution in [0.3, 0.4) is 0 Å². The second kappa shape index (κ2) is 10.3. The number of piperazine rings is 1. The van der Waals surface area contributed by atoms with Gasteiger partial charge in [-0.1, -0.05) is 12.5 Å². The summed E-state index contributed by atoms with van der Waals surface area (Å²) in [5.41, 5.74) is 2.83. The zero-order valence-electron chi connectivity index (χ0n) is 19.6. The van der Waals surface area contributed by atoms with Crippen LogP contribution in [-0.2, 0) is 28.9 Å². The van der Waals surface area contributed by atoms with Gasteiger partial charge in [-0.15, -0.1) is 11.3 Å². The topological polar surface area (TPSA) is 80.3 Å². The molecule has 0 unspecified atom stereocenters. The number of esters is 1. The lowest BCUT2D eigenvalue weighted by Gasteiger charge is -2.34. The molecule has 0 saturated carbocycles. The van der Waals surface area contributed by atoms with E-state index >= 15 is 0 Å². The fourth-order valence-electron chi connectivity index (χ4n) is 4.92. The predicted octanol–water partition coefficient (Wildman–Crippen LogP) is 3.29. The van der Waals surface area contributed by atoms with Gasteiger partial charge < -0.3 is 19.5 Å². The van der Waals surface area contributed by atoms with Crippen molar-refractivity contribution in [1.82, 2.24) is 9.80 Å². The minimum atomic E-state index is -0.355. The number of anilines is 1. The number of ether oxygens (including phenoxy) is 3. The molecule has 9 heteroatoms. The minimum Gasteiger partial charge on any atom is -0.465 e. The van der Waals surface area contributed by atoms with Crippen LogP contribution in [0.2, 0.25) is 0 Å². The average Bonchev–Trinajstić information content (AvgIpc) is 3.36. The number of carbonyl (C=O) groups excluding carboxylic acids is 2. The Bertz CT molecular complexity index is 1060. The van der Waals surface area contributed by atoms with Crippen LogP contribution in [0.5, 0.6) is 11.5 Å². The molecule has 1 saturated heterocycles. The Morgan fingerprint density at radius 1 is 1.03 bits per heavy atom. The molecular formula is C25H31N3O5S. The highest BCUT2D eigenvalue weighted by molar-refractivity contribution is 7.17. The van der Waals surface area contributed by atoms with Gasteiger partial charge in [-0.05, 0) is 48.9 Å². The van der Waals surface area contributed by atoms with Gasteiger partial charge in [0.15, 0.2) is 11.5 Å². The fraction of sp³-hybridized carbons (Fsp3) is 0.520. The maximum absolute atomic E-state index is 12.9. The lowest BCUT2D eigenvalue weighted by molar-refractivity contribution is -0.117. The SMILES string of the molecule is COC(=O)c1c(NC(=O)CN2CCN(Cc3ccc4c(c3)OCO4)CC2)sc2c1CCCCC2. The number of benzene rings is 1. The molecule has 0 radical (unpaired) electrons. The van der Waals surface area contributed by atoms with Crippen LogP contribution in [-0.4, -0.2) is 68.3 Å². The van der Waals surface area contributed by atoms with Gasteiger partial charge in [-0.2, -0.15) is 0 Å². The van der Waals surface area contributed by atoms with Gasteiger partial charge in [0.2, 0.25) is 12.7 Å². The van der Waals surface area contributed by atoms with Gasteiger partial charge in [-0.25, -0.2) is 4.79 Å². The molecular weight excluding hydrogens is 454 g/mol. The quantitative estimate of drug-likeness (QED) is 0.497. The molecule has 182 valence electrons. The van der Waals surface area contributed by atoms with Gasteiger partial charge in [0.05, 0.1) is 19.2 Å². The number of fused-ring (bicyclic) bond motifs is 2. The Balaban J connectivity index is 1.15. The summed E-state index contributed by atoms with van der Waals surface area (Å²) in [5, 5.41) is 3.67. The number of nitrogens with one attached hydrogen (secondary N) is 1. The van der Waals surface area contributed by atoms with Crippen LogP contribution in [0.25, 0.3) is 0 Å². The van der Waals surface area contributed by atoms with Gasteiger partial charge in [-0.3, -0.25) is 14.6 Å². The summed E-state index contributed by atoms with van der Waals surface area (Å²) in [4.78, 5) is 31.1. The second-order valence-corrected chi connectivity index (χ2v) is 10.2. The van der Waals surface area contributed by atoms with E-state index in [1.54, 1.807) is 11.3 Å². The average molecular weight is 486 g/mol. The van der Waals surface area contributed by atoms with E-state index in [-0.39, 0.29) is 18.7 Å². The smallest absolute Gasteiger partial charge is 0.341 e. The van der Waals surface area contributed by atoms with Crippen LogP contribution >= 0.6 is 11.3 Å². The number of aryl methyl sites for hydroxylation is 1. The number of hydrogen-bond acceptors (Lipinski definition) is 8. The molecule has 2 aromatic rings. The number of hydrogen-bond donors (Lipinski definition) is 1. The van der Waals surface area contributed by atoms with E-state index in [1.807, 2.05) is 12.1 Å². The molecule has 8 nitrogen and oxygen atoms in total. The largest absolute Gasteiger partial charge is 0.465 e. The molecule has 3 aliphatic rings. The first-order chi connectivity index (χ1) is 16.6. The Kier molecular flexibility index (Phi) is 7.03. The van der Waals surface area contributed by atoms with Crippen molar-refractivity contribution < 1.29 is 23.8 Å². The van der Waals surface area contributed by atoms with Crippen LogP contribution < -0.4 is 14.8 Å². The molecule has 2 aliphatic heterocycles. The lowest BCUT2D eigenvalue weighted by atomic mass is 10.1. The Morgan fingerprint density at radius 3 is 2.62 bits per heavy atom. The van der Waals surface area contributed by atoms with Crippen molar-refractivity contribution in [3.8, 4) is 11.5 Å². The third-order valence-corrected chi connectivity index (χ3v) is 7.95. The summed E-state index contributed by atoms with van der Waals surface area (Å²) in [7, 11) is 1.40. The maximum atomic E-state index is 12.9. The predicted molar refractivity (Wildman–Crippen MR) is 130 cm³/mol. The minimum absolute atomic E-state index is 0.0780. The van der Waals surface area contributed by atoms with Crippen LogP contribution in [0, 0.1) is 0 Å². The van der Waals surface area contributed by atoms with E-state index in [9.17, 15) is 9.59 Å². The summed E-state index contributed by atoms with van der Waals surface area (Å²) in [6.07, 6.45) is 5.20. The lowest BCUT2D eigenvalue weighted by Crippen LogP contribution is -2.48. The first-order valence-corrected chi connectivity index (χ1v) is 12.8. The highest BCUT2D eigenvalue weighted by atomic mass is 32.1. The number of amides is 1. The van der Waals surface area contributed by atoms with Crippen LogP contribution in [0.15, 0.2) is 18.2 Å². The second-order valence-electron chi connectivity index (χ2n) is 9.05. The van der Waals surface area contributed by atoms with E-state index in [4.69, 9.17) is 14.2 Å². The number of nitrogens with zero attached hydrogens (tertiary/aromatic N) is 2. The van der Waals surface area contributed by atoms with Crippen LogP contribution in [0.4, 0.5) is 5.00 Å². The molecule has 0 atom stereocenters.